The summed E-state index contributed by atoms with van der Waals surface area (Å²) in [5.41, 5.74) is 4.62. The Morgan fingerprint density at radius 3 is 1.68 bits per heavy atom. The predicted octanol–water partition coefficient (Wildman–Crippen LogP) is 5.96. The summed E-state index contributed by atoms with van der Waals surface area (Å²) in [6, 6.07) is 42.7. The molecule has 1 unspecified atom stereocenters. The average molecular weight is 468 g/mol. The third-order valence-electron chi connectivity index (χ3n) is 5.73. The Kier molecular flexibility index (Phi) is 5.71. The van der Waals surface area contributed by atoms with E-state index in [1.807, 2.05) is 6.07 Å². The predicted molar refractivity (Wildman–Crippen MR) is 127 cm³/mol. The van der Waals surface area contributed by atoms with Crippen molar-refractivity contribution in [3.05, 3.63) is 144 Å². The molecule has 0 spiro atoms. The van der Waals surface area contributed by atoms with Gasteiger partial charge in [-0.15, -0.1) is 0 Å². The van der Waals surface area contributed by atoms with Crippen molar-refractivity contribution in [1.82, 2.24) is 0 Å². The van der Waals surface area contributed by atoms with Crippen LogP contribution in [0.3, 0.4) is 0 Å². The first-order chi connectivity index (χ1) is 15.4. The van der Waals surface area contributed by atoms with E-state index in [2.05, 4.69) is 115 Å². The van der Waals surface area contributed by atoms with E-state index >= 15 is 0 Å². The van der Waals surface area contributed by atoms with Gasteiger partial charge in [0.2, 0.25) is 0 Å². The van der Waals surface area contributed by atoms with E-state index in [9.17, 15) is 0 Å². The van der Waals surface area contributed by atoms with Crippen LogP contribution in [0, 0.1) is 0 Å². The fourth-order valence-corrected chi connectivity index (χ4v) is 6.67. The Balaban J connectivity index is 1.65. The molecule has 0 saturated carbocycles. The summed E-state index contributed by atoms with van der Waals surface area (Å²) in [5.74, 6) is 0. The molecule has 31 heavy (non-hydrogen) atoms. The summed E-state index contributed by atoms with van der Waals surface area (Å²) in [6.45, 7) is 0. The SMILES string of the molecule is c1ccc(CC(C2=NOC(c3ccccc3)[Se]2)(c2ccccc2)c2ccccc2)cc1. The van der Waals surface area contributed by atoms with E-state index in [1.165, 1.54) is 22.3 Å². The van der Waals surface area contributed by atoms with Crippen molar-refractivity contribution >= 4 is 19.6 Å². The van der Waals surface area contributed by atoms with Crippen LogP contribution in [0.2, 0.25) is 0 Å². The number of rotatable bonds is 6. The van der Waals surface area contributed by atoms with Gasteiger partial charge < -0.3 is 0 Å². The molecular formula is C28H23NOSe. The van der Waals surface area contributed by atoms with E-state index < -0.39 is 0 Å². The number of hydrogen-bond donors (Lipinski definition) is 0. The van der Waals surface area contributed by atoms with Gasteiger partial charge in [-0.25, -0.2) is 0 Å². The summed E-state index contributed by atoms with van der Waals surface area (Å²) in [6.07, 6.45) is 0.841. The van der Waals surface area contributed by atoms with E-state index in [-0.39, 0.29) is 25.4 Å². The minimum atomic E-state index is -0.368. The fourth-order valence-electron chi connectivity index (χ4n) is 4.20. The van der Waals surface area contributed by atoms with Crippen LogP contribution in [-0.4, -0.2) is 19.6 Å². The van der Waals surface area contributed by atoms with Gasteiger partial charge in [-0.3, -0.25) is 0 Å². The molecule has 1 heterocycles. The van der Waals surface area contributed by atoms with Crippen molar-refractivity contribution in [2.45, 2.75) is 16.8 Å². The summed E-state index contributed by atoms with van der Waals surface area (Å²) in [5, 5.41) is 4.77. The van der Waals surface area contributed by atoms with Crippen LogP contribution >= 0.6 is 0 Å². The second-order valence-electron chi connectivity index (χ2n) is 7.66. The fraction of sp³-hybridized carbons (Fsp3) is 0.107. The molecule has 0 bridgehead atoms. The Hall–Kier alpha value is -3.13. The second kappa shape index (κ2) is 8.93. The normalized spacial score (nSPS) is 15.9. The van der Waals surface area contributed by atoms with Gasteiger partial charge in [-0.2, -0.15) is 0 Å². The third kappa shape index (κ3) is 3.95. The molecule has 1 aliphatic rings. The molecule has 3 heteroatoms. The Labute approximate surface area is 189 Å². The second-order valence-corrected chi connectivity index (χ2v) is 9.87. The minimum absolute atomic E-state index is 0.00581. The molecule has 4 aromatic rings. The Morgan fingerprint density at radius 2 is 1.13 bits per heavy atom. The first kappa shape index (κ1) is 19.8. The zero-order valence-electron chi connectivity index (χ0n) is 17.1. The molecule has 4 aromatic carbocycles. The molecule has 0 amide bonds. The van der Waals surface area contributed by atoms with Crippen molar-refractivity contribution in [2.24, 2.45) is 5.16 Å². The number of benzene rings is 4. The summed E-state index contributed by atoms with van der Waals surface area (Å²) in [4.78, 5) is 6.05. The molecule has 0 saturated heterocycles. The summed E-state index contributed by atoms with van der Waals surface area (Å²) in [7, 11) is 0. The zero-order valence-corrected chi connectivity index (χ0v) is 18.8. The number of oxime groups is 1. The van der Waals surface area contributed by atoms with Gasteiger partial charge in [0.15, 0.2) is 0 Å². The van der Waals surface area contributed by atoms with Crippen LogP contribution in [0.15, 0.2) is 126 Å². The van der Waals surface area contributed by atoms with Crippen LogP contribution in [0.25, 0.3) is 0 Å². The van der Waals surface area contributed by atoms with E-state index in [0.29, 0.717) is 0 Å². The van der Waals surface area contributed by atoms with Crippen molar-refractivity contribution in [3.8, 4) is 0 Å². The van der Waals surface area contributed by atoms with Gasteiger partial charge in [-0.05, 0) is 0 Å². The monoisotopic (exact) mass is 469 g/mol. The number of nitrogens with zero attached hydrogens (tertiary/aromatic N) is 1. The molecule has 1 aliphatic heterocycles. The quantitative estimate of drug-likeness (QED) is 0.320. The molecule has 0 aromatic heterocycles. The van der Waals surface area contributed by atoms with Crippen molar-refractivity contribution in [1.29, 1.82) is 0 Å². The van der Waals surface area contributed by atoms with Gasteiger partial charge in [0, 0.05) is 0 Å². The van der Waals surface area contributed by atoms with E-state index in [1.54, 1.807) is 0 Å². The molecular weight excluding hydrogens is 445 g/mol. The zero-order chi connectivity index (χ0) is 20.9. The Bertz CT molecular complexity index is 1110. The molecule has 0 aliphatic carbocycles. The van der Waals surface area contributed by atoms with E-state index in [0.717, 1.165) is 11.0 Å². The molecule has 0 radical (unpaired) electrons. The molecule has 1 atom stereocenters. The van der Waals surface area contributed by atoms with E-state index in [4.69, 9.17) is 9.99 Å². The topological polar surface area (TPSA) is 21.6 Å². The molecule has 2 nitrogen and oxygen atoms in total. The van der Waals surface area contributed by atoms with Gasteiger partial charge in [-0.1, -0.05) is 0 Å². The van der Waals surface area contributed by atoms with Crippen molar-refractivity contribution < 1.29 is 4.84 Å². The first-order valence-corrected chi connectivity index (χ1v) is 12.3. The standard InChI is InChI=1S/C28H23NOSe/c1-5-13-22(14-6-1)21-28(24-17-9-3-10-18-24,25-19-11-4-12-20-25)27-29-30-26(31-27)23-15-7-2-8-16-23/h1-20,26H,21H2. The van der Waals surface area contributed by atoms with Crippen LogP contribution in [-0.2, 0) is 16.7 Å². The van der Waals surface area contributed by atoms with Gasteiger partial charge in [0.05, 0.1) is 0 Å². The number of hydrogen-bond acceptors (Lipinski definition) is 2. The molecule has 5 rings (SSSR count). The first-order valence-electron chi connectivity index (χ1n) is 10.5. The van der Waals surface area contributed by atoms with Crippen molar-refractivity contribution in [2.75, 3.05) is 0 Å². The summed E-state index contributed by atoms with van der Waals surface area (Å²) < 4.78 is 1.13. The van der Waals surface area contributed by atoms with Crippen LogP contribution in [0.5, 0.6) is 0 Å². The maximum atomic E-state index is 6.05. The van der Waals surface area contributed by atoms with Crippen LogP contribution < -0.4 is 0 Å². The molecule has 0 fully saturated rings. The van der Waals surface area contributed by atoms with Gasteiger partial charge in [0.25, 0.3) is 0 Å². The Morgan fingerprint density at radius 1 is 0.645 bits per heavy atom. The third-order valence-corrected chi connectivity index (χ3v) is 8.29. The molecule has 152 valence electrons. The van der Waals surface area contributed by atoms with Crippen molar-refractivity contribution in [3.63, 3.8) is 0 Å². The average Bonchev–Trinajstić information content (AvgIpc) is 3.36. The molecule has 0 N–H and O–H groups in total. The van der Waals surface area contributed by atoms with Crippen LogP contribution in [0.1, 0.15) is 27.3 Å². The van der Waals surface area contributed by atoms with Crippen LogP contribution in [0.4, 0.5) is 0 Å². The summed E-state index contributed by atoms with van der Waals surface area (Å²) >= 11 is 0.0574. The maximum absolute atomic E-state index is 6.05. The van der Waals surface area contributed by atoms with Gasteiger partial charge >= 0.3 is 190 Å². The van der Waals surface area contributed by atoms with Gasteiger partial charge in [0.1, 0.15) is 0 Å².